The third-order valence-electron chi connectivity index (χ3n) is 3.90. The van der Waals surface area contributed by atoms with Crippen LogP contribution in [0.15, 0.2) is 53.6 Å². The fourth-order valence-electron chi connectivity index (χ4n) is 2.29. The lowest BCUT2D eigenvalue weighted by Crippen LogP contribution is -2.31. The number of hydrogen-bond donors (Lipinski definition) is 2. The molecule has 0 unspecified atom stereocenters. The second kappa shape index (κ2) is 8.96. The van der Waals surface area contributed by atoms with Gasteiger partial charge >= 0.3 is 6.03 Å². The van der Waals surface area contributed by atoms with Gasteiger partial charge in [0.2, 0.25) is 15.1 Å². The fraction of sp³-hybridized carbons (Fsp3) is 0.111. The minimum atomic E-state index is -3.64. The molecular formula is C18H16ClFN4O4S2. The average Bonchev–Trinajstić information content (AvgIpc) is 3.16. The largest absolute Gasteiger partial charge is 0.445 e. The van der Waals surface area contributed by atoms with Crippen molar-refractivity contribution in [2.24, 2.45) is 0 Å². The van der Waals surface area contributed by atoms with Crippen LogP contribution in [0.2, 0.25) is 5.02 Å². The summed E-state index contributed by atoms with van der Waals surface area (Å²) < 4.78 is 45.1. The molecule has 8 nitrogen and oxygen atoms in total. The number of amides is 2. The van der Waals surface area contributed by atoms with Crippen LogP contribution in [0.1, 0.15) is 0 Å². The number of hydrogen-bond acceptors (Lipinski definition) is 6. The number of thiazole rings is 1. The summed E-state index contributed by atoms with van der Waals surface area (Å²) in [7, 11) is -0.849. The first-order valence-electron chi connectivity index (χ1n) is 8.36. The lowest BCUT2D eigenvalue weighted by Gasteiger charge is -2.18. The number of carbonyl (C=O) groups excluding carboxylic acids is 1. The molecule has 0 bridgehead atoms. The van der Waals surface area contributed by atoms with E-state index >= 15 is 0 Å². The predicted molar refractivity (Wildman–Crippen MR) is 114 cm³/mol. The van der Waals surface area contributed by atoms with Crippen molar-refractivity contribution < 1.29 is 22.3 Å². The van der Waals surface area contributed by atoms with E-state index in [0.29, 0.717) is 10.8 Å². The highest BCUT2D eigenvalue weighted by molar-refractivity contribution is 7.89. The molecule has 1 aromatic heterocycles. The van der Waals surface area contributed by atoms with Crippen LogP contribution in [-0.2, 0) is 10.0 Å². The molecule has 0 aliphatic rings. The quantitative estimate of drug-likeness (QED) is 0.559. The molecule has 0 saturated heterocycles. The highest BCUT2D eigenvalue weighted by Gasteiger charge is 2.17. The van der Waals surface area contributed by atoms with E-state index in [4.69, 9.17) is 16.3 Å². The van der Waals surface area contributed by atoms with Gasteiger partial charge in [-0.3, -0.25) is 10.2 Å². The van der Waals surface area contributed by atoms with Crippen molar-refractivity contribution in [2.45, 2.75) is 4.90 Å². The number of urea groups is 1. The number of rotatable bonds is 6. The summed E-state index contributed by atoms with van der Waals surface area (Å²) in [6.07, 6.45) is 1.38. The zero-order valence-corrected chi connectivity index (χ0v) is 18.1. The summed E-state index contributed by atoms with van der Waals surface area (Å²) in [5, 5.41) is 3.15. The van der Waals surface area contributed by atoms with Gasteiger partial charge in [0.15, 0.2) is 5.13 Å². The van der Waals surface area contributed by atoms with Crippen LogP contribution in [0, 0.1) is 5.82 Å². The topological polar surface area (TPSA) is 101 Å². The van der Waals surface area contributed by atoms with Crippen molar-refractivity contribution in [1.82, 2.24) is 9.71 Å². The Kier molecular flexibility index (Phi) is 6.56. The van der Waals surface area contributed by atoms with E-state index in [9.17, 15) is 17.6 Å². The molecule has 2 amide bonds. The van der Waals surface area contributed by atoms with E-state index in [-0.39, 0.29) is 20.8 Å². The van der Waals surface area contributed by atoms with Crippen molar-refractivity contribution in [3.8, 4) is 10.8 Å². The third kappa shape index (κ3) is 5.05. The van der Waals surface area contributed by atoms with Gasteiger partial charge in [0.05, 0.1) is 16.1 Å². The van der Waals surface area contributed by atoms with Crippen LogP contribution in [0.5, 0.6) is 10.8 Å². The highest BCUT2D eigenvalue weighted by atomic mass is 35.5. The summed E-state index contributed by atoms with van der Waals surface area (Å²) in [6, 6.07) is 9.40. The standard InChI is InChI=1S/C18H16ClFN4O4S2/c1-21-30(26,27)13-5-3-4-11(8-13)24(2)18(25)23-17-22-10-16(29-17)28-12-6-7-14(19)15(20)9-12/h3-10,21H,1-2H3,(H,22,23,25). The molecule has 0 spiro atoms. The number of benzene rings is 2. The van der Waals surface area contributed by atoms with Gasteiger partial charge in [0.1, 0.15) is 11.6 Å². The van der Waals surface area contributed by atoms with Crippen molar-refractivity contribution >= 4 is 49.8 Å². The van der Waals surface area contributed by atoms with Gasteiger partial charge in [-0.15, -0.1) is 0 Å². The van der Waals surface area contributed by atoms with E-state index < -0.39 is 21.9 Å². The first-order chi connectivity index (χ1) is 14.2. The van der Waals surface area contributed by atoms with Gasteiger partial charge in [0, 0.05) is 18.8 Å². The lowest BCUT2D eigenvalue weighted by atomic mass is 10.3. The second-order valence-corrected chi connectivity index (χ2v) is 9.14. The number of sulfonamides is 1. The summed E-state index contributed by atoms with van der Waals surface area (Å²) in [5.41, 5.74) is 0.369. The van der Waals surface area contributed by atoms with E-state index in [1.165, 1.54) is 55.5 Å². The van der Waals surface area contributed by atoms with Crippen molar-refractivity contribution in [3.63, 3.8) is 0 Å². The molecule has 0 atom stereocenters. The molecule has 0 fully saturated rings. The summed E-state index contributed by atoms with van der Waals surface area (Å²) in [4.78, 5) is 17.8. The van der Waals surface area contributed by atoms with Crippen LogP contribution < -0.4 is 19.7 Å². The zero-order chi connectivity index (χ0) is 21.9. The van der Waals surface area contributed by atoms with Crippen LogP contribution in [0.3, 0.4) is 0 Å². The molecular weight excluding hydrogens is 455 g/mol. The lowest BCUT2D eigenvalue weighted by molar-refractivity contribution is 0.258. The van der Waals surface area contributed by atoms with Crippen molar-refractivity contribution in [2.75, 3.05) is 24.3 Å². The molecule has 2 aromatic carbocycles. The molecule has 1 heterocycles. The van der Waals surface area contributed by atoms with Crippen LogP contribution >= 0.6 is 22.9 Å². The van der Waals surface area contributed by atoms with Gasteiger partial charge in [-0.2, -0.15) is 0 Å². The molecule has 12 heteroatoms. The average molecular weight is 471 g/mol. The van der Waals surface area contributed by atoms with Crippen molar-refractivity contribution in [3.05, 3.63) is 59.5 Å². The maximum absolute atomic E-state index is 13.5. The van der Waals surface area contributed by atoms with Gasteiger partial charge < -0.3 is 4.74 Å². The molecule has 0 saturated carbocycles. The van der Waals surface area contributed by atoms with Gasteiger partial charge in [0.25, 0.3) is 0 Å². The van der Waals surface area contributed by atoms with Crippen LogP contribution in [-0.4, -0.2) is 33.5 Å². The summed E-state index contributed by atoms with van der Waals surface area (Å²) in [6.45, 7) is 0. The Balaban J connectivity index is 1.69. The Labute approximate surface area is 181 Å². The smallest absolute Gasteiger partial charge is 0.327 e. The van der Waals surface area contributed by atoms with Crippen LogP contribution in [0.25, 0.3) is 0 Å². The number of nitrogens with zero attached hydrogens (tertiary/aromatic N) is 2. The number of aromatic nitrogens is 1. The summed E-state index contributed by atoms with van der Waals surface area (Å²) in [5.74, 6) is -0.380. The maximum atomic E-state index is 13.5. The van der Waals surface area contributed by atoms with Crippen LogP contribution in [0.4, 0.5) is 20.0 Å². The molecule has 2 N–H and O–H groups in total. The molecule has 0 aliphatic carbocycles. The Morgan fingerprint density at radius 2 is 2.03 bits per heavy atom. The number of halogens is 2. The Morgan fingerprint density at radius 3 is 2.73 bits per heavy atom. The van der Waals surface area contributed by atoms with E-state index in [1.807, 2.05) is 0 Å². The Morgan fingerprint density at radius 1 is 1.27 bits per heavy atom. The van der Waals surface area contributed by atoms with Crippen molar-refractivity contribution in [1.29, 1.82) is 0 Å². The van der Waals surface area contributed by atoms with Gasteiger partial charge in [-0.1, -0.05) is 29.0 Å². The molecule has 3 aromatic rings. The van der Waals surface area contributed by atoms with E-state index in [0.717, 1.165) is 17.4 Å². The number of nitrogens with one attached hydrogen (secondary N) is 2. The molecule has 158 valence electrons. The third-order valence-corrected chi connectivity index (χ3v) is 6.41. The fourth-order valence-corrected chi connectivity index (χ4v) is 3.86. The molecule has 0 radical (unpaired) electrons. The SMILES string of the molecule is CNS(=O)(=O)c1cccc(N(C)C(=O)Nc2ncc(Oc3ccc(Cl)c(F)c3)s2)c1. The predicted octanol–water partition coefficient (Wildman–Crippen LogP) is 4.30. The number of ether oxygens (including phenoxy) is 1. The minimum Gasteiger partial charge on any atom is -0.445 e. The molecule has 3 rings (SSSR count). The van der Waals surface area contributed by atoms with Gasteiger partial charge in [-0.05, 0) is 37.4 Å². The first kappa shape index (κ1) is 22.0. The summed E-state index contributed by atoms with van der Waals surface area (Å²) >= 11 is 6.68. The number of anilines is 2. The second-order valence-electron chi connectivity index (χ2n) is 5.86. The van der Waals surface area contributed by atoms with E-state index in [2.05, 4.69) is 15.0 Å². The normalized spacial score (nSPS) is 11.2. The molecule has 30 heavy (non-hydrogen) atoms. The monoisotopic (exact) mass is 470 g/mol. The minimum absolute atomic E-state index is 0.0192. The zero-order valence-electron chi connectivity index (χ0n) is 15.7. The Bertz CT molecular complexity index is 1190. The highest BCUT2D eigenvalue weighted by Crippen LogP contribution is 2.32. The number of carbonyl (C=O) groups is 1. The first-order valence-corrected chi connectivity index (χ1v) is 11.0. The van der Waals surface area contributed by atoms with E-state index in [1.54, 1.807) is 6.07 Å². The maximum Gasteiger partial charge on any atom is 0.327 e. The molecule has 0 aliphatic heterocycles. The Hall–Kier alpha value is -2.73. The van der Waals surface area contributed by atoms with Gasteiger partial charge in [-0.25, -0.2) is 27.3 Å².